The van der Waals surface area contributed by atoms with Gasteiger partial charge in [-0.1, -0.05) is 6.07 Å². The molecule has 1 aliphatic heterocycles. The SMILES string of the molecule is CC1=NCC(c2ccc3[nH]nc(-c4cc5c(-c6ccc(F)s6)ccnc5[nH]4)c3c2)N1C. The van der Waals surface area contributed by atoms with Crippen LogP contribution in [-0.2, 0) is 0 Å². The highest BCUT2D eigenvalue weighted by molar-refractivity contribution is 7.14. The molecule has 6 nitrogen and oxygen atoms in total. The van der Waals surface area contributed by atoms with E-state index in [1.54, 1.807) is 12.3 Å². The van der Waals surface area contributed by atoms with Crippen molar-refractivity contribution in [2.45, 2.75) is 13.0 Å². The Morgan fingerprint density at radius 3 is 2.81 bits per heavy atom. The number of amidine groups is 1. The maximum absolute atomic E-state index is 13.6. The molecule has 1 aromatic carbocycles. The third kappa shape index (κ3) is 2.86. The van der Waals surface area contributed by atoms with Gasteiger partial charge in [0.25, 0.3) is 0 Å². The number of pyridine rings is 1. The van der Waals surface area contributed by atoms with Crippen molar-refractivity contribution in [2.75, 3.05) is 13.6 Å². The van der Waals surface area contributed by atoms with Crippen LogP contribution in [0.15, 0.2) is 53.7 Å². The number of hydrogen-bond donors (Lipinski definition) is 2. The summed E-state index contributed by atoms with van der Waals surface area (Å²) in [6.07, 6.45) is 1.74. The van der Waals surface area contributed by atoms with Crippen molar-refractivity contribution in [3.8, 4) is 21.8 Å². The molecule has 154 valence electrons. The van der Waals surface area contributed by atoms with Gasteiger partial charge in [0.2, 0.25) is 0 Å². The number of benzene rings is 1. The summed E-state index contributed by atoms with van der Waals surface area (Å²) < 4.78 is 13.6. The molecule has 8 heteroatoms. The average Bonchev–Trinajstić information content (AvgIpc) is 3.54. The molecule has 1 aliphatic rings. The smallest absolute Gasteiger partial charge is 0.176 e. The van der Waals surface area contributed by atoms with Crippen molar-refractivity contribution in [3.63, 3.8) is 0 Å². The number of aromatic amines is 2. The van der Waals surface area contributed by atoms with Gasteiger partial charge >= 0.3 is 0 Å². The number of aromatic nitrogens is 4. The number of nitrogens with zero attached hydrogens (tertiary/aromatic N) is 4. The van der Waals surface area contributed by atoms with Crippen LogP contribution in [0.2, 0.25) is 0 Å². The summed E-state index contributed by atoms with van der Waals surface area (Å²) in [7, 11) is 2.08. The summed E-state index contributed by atoms with van der Waals surface area (Å²) >= 11 is 1.14. The van der Waals surface area contributed by atoms with Crippen LogP contribution in [0.4, 0.5) is 4.39 Å². The molecule has 0 saturated heterocycles. The average molecular weight is 431 g/mol. The molecular formula is C23H19FN6S. The van der Waals surface area contributed by atoms with E-state index in [-0.39, 0.29) is 11.2 Å². The second kappa shape index (κ2) is 6.75. The van der Waals surface area contributed by atoms with E-state index in [0.29, 0.717) is 0 Å². The number of likely N-dealkylation sites (N-methyl/N-ethyl adjacent to an activating group) is 1. The van der Waals surface area contributed by atoms with Gasteiger partial charge in [0, 0.05) is 34.5 Å². The van der Waals surface area contributed by atoms with Crippen LogP contribution in [-0.4, -0.2) is 44.5 Å². The van der Waals surface area contributed by atoms with E-state index in [2.05, 4.69) is 55.3 Å². The van der Waals surface area contributed by atoms with Crippen LogP contribution in [0.3, 0.4) is 0 Å². The maximum Gasteiger partial charge on any atom is 0.176 e. The van der Waals surface area contributed by atoms with E-state index in [1.807, 2.05) is 19.1 Å². The first kappa shape index (κ1) is 18.3. The number of nitrogens with one attached hydrogen (secondary N) is 2. The molecule has 2 N–H and O–H groups in total. The van der Waals surface area contributed by atoms with Crippen molar-refractivity contribution in [3.05, 3.63) is 59.4 Å². The highest BCUT2D eigenvalue weighted by Crippen LogP contribution is 2.36. The molecule has 0 spiro atoms. The fourth-order valence-electron chi connectivity index (χ4n) is 4.28. The summed E-state index contributed by atoms with van der Waals surface area (Å²) in [4.78, 5) is 15.5. The Labute approximate surface area is 181 Å². The van der Waals surface area contributed by atoms with Gasteiger partial charge < -0.3 is 9.88 Å². The third-order valence-electron chi connectivity index (χ3n) is 6.07. The largest absolute Gasteiger partial charge is 0.355 e. The molecule has 0 fully saturated rings. The first-order valence-corrected chi connectivity index (χ1v) is 10.9. The molecule has 0 amide bonds. The minimum Gasteiger partial charge on any atom is -0.355 e. The molecule has 0 aliphatic carbocycles. The number of aliphatic imine (C=N–C) groups is 1. The molecule has 31 heavy (non-hydrogen) atoms. The standard InChI is InChI=1S/C23H19FN6S/c1-12-26-11-19(30(12)2)13-3-4-17-16(9-13)22(29-28-17)18-10-15-14(7-8-25-23(15)27-18)20-5-6-21(24)31-20/h3-10,19H,11H2,1-2H3,(H,25,27)(H,28,29). The zero-order chi connectivity index (χ0) is 21.1. The Morgan fingerprint density at radius 2 is 2.03 bits per heavy atom. The Hall–Kier alpha value is -3.52. The second-order valence-electron chi connectivity index (χ2n) is 7.80. The van der Waals surface area contributed by atoms with Crippen LogP contribution in [0.1, 0.15) is 18.5 Å². The minimum atomic E-state index is -0.197. The molecule has 4 aromatic heterocycles. The lowest BCUT2D eigenvalue weighted by molar-refractivity contribution is 0.416. The predicted octanol–water partition coefficient (Wildman–Crippen LogP) is 5.38. The number of rotatable bonds is 3. The van der Waals surface area contributed by atoms with Crippen LogP contribution in [0.25, 0.3) is 43.8 Å². The topological polar surface area (TPSA) is 73.0 Å². The lowest BCUT2D eigenvalue weighted by Gasteiger charge is -2.22. The van der Waals surface area contributed by atoms with E-state index in [9.17, 15) is 4.39 Å². The van der Waals surface area contributed by atoms with Crippen molar-refractivity contribution < 1.29 is 4.39 Å². The summed E-state index contributed by atoms with van der Waals surface area (Å²) in [5.41, 5.74) is 5.63. The van der Waals surface area contributed by atoms with Gasteiger partial charge in [0.05, 0.1) is 29.6 Å². The summed E-state index contributed by atoms with van der Waals surface area (Å²) in [6.45, 7) is 2.80. The second-order valence-corrected chi connectivity index (χ2v) is 8.83. The zero-order valence-electron chi connectivity index (χ0n) is 17.0. The number of halogens is 1. The van der Waals surface area contributed by atoms with E-state index >= 15 is 0 Å². The molecule has 0 bridgehead atoms. The first-order chi connectivity index (χ1) is 15.1. The van der Waals surface area contributed by atoms with Gasteiger partial charge in [-0.3, -0.25) is 10.1 Å². The van der Waals surface area contributed by atoms with Crippen molar-refractivity contribution >= 4 is 39.1 Å². The van der Waals surface area contributed by atoms with Crippen LogP contribution in [0.5, 0.6) is 0 Å². The van der Waals surface area contributed by atoms with Crippen molar-refractivity contribution in [1.82, 2.24) is 25.1 Å². The fourth-order valence-corrected chi connectivity index (χ4v) is 5.05. The third-order valence-corrected chi connectivity index (χ3v) is 6.98. The highest BCUT2D eigenvalue weighted by atomic mass is 32.1. The van der Waals surface area contributed by atoms with E-state index < -0.39 is 0 Å². The predicted molar refractivity (Wildman–Crippen MR) is 123 cm³/mol. The highest BCUT2D eigenvalue weighted by Gasteiger charge is 2.24. The molecule has 0 saturated carbocycles. The molecule has 5 aromatic rings. The summed E-state index contributed by atoms with van der Waals surface area (Å²) in [5.74, 6) is 1.05. The van der Waals surface area contributed by atoms with Gasteiger partial charge in [-0.15, -0.1) is 11.3 Å². The lowest BCUT2D eigenvalue weighted by atomic mass is 10.0. The van der Waals surface area contributed by atoms with Crippen LogP contribution in [0, 0.1) is 5.13 Å². The number of hydrogen-bond acceptors (Lipinski definition) is 5. The summed E-state index contributed by atoms with van der Waals surface area (Å²) in [5, 5.41) is 9.52. The van der Waals surface area contributed by atoms with Gasteiger partial charge in [0.15, 0.2) is 5.13 Å². The zero-order valence-corrected chi connectivity index (χ0v) is 17.8. The van der Waals surface area contributed by atoms with E-state index in [4.69, 9.17) is 0 Å². The van der Waals surface area contributed by atoms with E-state index in [1.165, 1.54) is 11.6 Å². The molecule has 1 atom stereocenters. The molecule has 6 rings (SSSR count). The van der Waals surface area contributed by atoms with Crippen molar-refractivity contribution in [2.24, 2.45) is 4.99 Å². The molecule has 5 heterocycles. The Balaban J connectivity index is 1.47. The van der Waals surface area contributed by atoms with E-state index in [0.717, 1.165) is 67.5 Å². The molecule has 0 radical (unpaired) electrons. The Morgan fingerprint density at radius 1 is 1.13 bits per heavy atom. The first-order valence-electron chi connectivity index (χ1n) is 10.0. The Kier molecular flexibility index (Phi) is 3.97. The Bertz CT molecular complexity index is 1480. The van der Waals surface area contributed by atoms with Gasteiger partial charge in [-0.2, -0.15) is 9.49 Å². The molecular weight excluding hydrogens is 411 g/mol. The summed E-state index contributed by atoms with van der Waals surface area (Å²) in [6, 6.07) is 13.9. The van der Waals surface area contributed by atoms with Crippen LogP contribution >= 0.6 is 11.3 Å². The fraction of sp³-hybridized carbons (Fsp3) is 0.174. The van der Waals surface area contributed by atoms with Gasteiger partial charge in [-0.05, 0) is 48.9 Å². The van der Waals surface area contributed by atoms with Crippen molar-refractivity contribution in [1.29, 1.82) is 0 Å². The van der Waals surface area contributed by atoms with Crippen LogP contribution < -0.4 is 0 Å². The number of fused-ring (bicyclic) bond motifs is 2. The number of thiophene rings is 1. The number of H-pyrrole nitrogens is 2. The minimum absolute atomic E-state index is 0.197. The maximum atomic E-state index is 13.6. The molecule has 1 unspecified atom stereocenters. The quantitative estimate of drug-likeness (QED) is 0.404. The monoisotopic (exact) mass is 430 g/mol. The van der Waals surface area contributed by atoms with Gasteiger partial charge in [-0.25, -0.2) is 4.98 Å². The van der Waals surface area contributed by atoms with Gasteiger partial charge in [0.1, 0.15) is 11.3 Å². The normalized spacial score (nSPS) is 16.5. The lowest BCUT2D eigenvalue weighted by Crippen LogP contribution is -2.24.